The number of anilines is 1. The predicted octanol–water partition coefficient (Wildman–Crippen LogP) is 2.51. The molecular weight excluding hydrogens is 290 g/mol. The molecule has 0 aliphatic carbocycles. The first-order valence-corrected chi connectivity index (χ1v) is 7.01. The van der Waals surface area contributed by atoms with Gasteiger partial charge in [-0.2, -0.15) is 4.98 Å². The van der Waals surface area contributed by atoms with Crippen LogP contribution in [0.25, 0.3) is 10.8 Å². The first-order valence-electron chi connectivity index (χ1n) is 6.13. The van der Waals surface area contributed by atoms with Gasteiger partial charge in [0.2, 0.25) is 0 Å². The lowest BCUT2D eigenvalue weighted by molar-refractivity contribution is 0.251. The molecule has 0 aliphatic rings. The lowest BCUT2D eigenvalue weighted by Gasteiger charge is -2.04. The van der Waals surface area contributed by atoms with Crippen LogP contribution in [0.2, 0.25) is 0 Å². The van der Waals surface area contributed by atoms with Crippen molar-refractivity contribution in [1.29, 1.82) is 0 Å². The molecule has 0 aromatic carbocycles. The third kappa shape index (κ3) is 3.42. The lowest BCUT2D eigenvalue weighted by atomic mass is 10.4. The molecule has 0 spiro atoms. The van der Waals surface area contributed by atoms with Gasteiger partial charge in [-0.1, -0.05) is 17.3 Å². The molecule has 0 unspecified atom stereocenters. The normalized spacial score (nSPS) is 10.3. The standard InChI is InChI=1S/C13H11N5O2S/c19-13(17-10-5-1-2-6-14-10)15-8-11-16-12(20-18-11)9-4-3-7-21-9/h1-7H,8H2,(H2,14,15,17,19). The number of urea groups is 1. The molecule has 0 atom stereocenters. The number of thiophene rings is 1. The third-order valence-electron chi connectivity index (χ3n) is 2.51. The Hall–Kier alpha value is -2.74. The highest BCUT2D eigenvalue weighted by molar-refractivity contribution is 7.13. The molecular formula is C13H11N5O2S. The fraction of sp³-hybridized carbons (Fsp3) is 0.0769. The Kier molecular flexibility index (Phi) is 3.88. The van der Waals surface area contributed by atoms with Crippen molar-refractivity contribution < 1.29 is 9.32 Å². The molecule has 0 saturated carbocycles. The second-order valence-electron chi connectivity index (χ2n) is 4.02. The van der Waals surface area contributed by atoms with Gasteiger partial charge in [0, 0.05) is 6.20 Å². The number of carbonyl (C=O) groups is 1. The lowest BCUT2D eigenvalue weighted by Crippen LogP contribution is -2.28. The van der Waals surface area contributed by atoms with Gasteiger partial charge in [-0.3, -0.25) is 5.32 Å². The van der Waals surface area contributed by atoms with Gasteiger partial charge in [0.1, 0.15) is 5.82 Å². The van der Waals surface area contributed by atoms with Crippen molar-refractivity contribution in [3.8, 4) is 10.8 Å². The van der Waals surface area contributed by atoms with Crippen LogP contribution < -0.4 is 10.6 Å². The van der Waals surface area contributed by atoms with E-state index in [4.69, 9.17) is 4.52 Å². The van der Waals surface area contributed by atoms with Gasteiger partial charge >= 0.3 is 6.03 Å². The summed E-state index contributed by atoms with van der Waals surface area (Å²) in [4.78, 5) is 20.8. The Bertz CT molecular complexity index is 711. The van der Waals surface area contributed by atoms with Crippen LogP contribution in [0.3, 0.4) is 0 Å². The first kappa shape index (κ1) is 13.3. The van der Waals surface area contributed by atoms with Crippen molar-refractivity contribution in [3.05, 3.63) is 47.7 Å². The SMILES string of the molecule is O=C(NCc1noc(-c2cccs2)n1)Nc1ccccn1. The molecule has 8 heteroatoms. The van der Waals surface area contributed by atoms with E-state index in [1.807, 2.05) is 17.5 Å². The third-order valence-corrected chi connectivity index (χ3v) is 3.37. The number of amides is 2. The van der Waals surface area contributed by atoms with Gasteiger partial charge < -0.3 is 9.84 Å². The highest BCUT2D eigenvalue weighted by atomic mass is 32.1. The maximum atomic E-state index is 11.7. The van der Waals surface area contributed by atoms with E-state index in [0.29, 0.717) is 17.5 Å². The molecule has 2 N–H and O–H groups in total. The number of nitrogens with one attached hydrogen (secondary N) is 2. The van der Waals surface area contributed by atoms with E-state index in [2.05, 4.69) is 25.8 Å². The summed E-state index contributed by atoms with van der Waals surface area (Å²) in [5, 5.41) is 11.0. The fourth-order valence-electron chi connectivity index (χ4n) is 1.58. The van der Waals surface area contributed by atoms with Crippen LogP contribution >= 0.6 is 11.3 Å². The summed E-state index contributed by atoms with van der Waals surface area (Å²) in [7, 11) is 0. The molecule has 0 bridgehead atoms. The molecule has 0 fully saturated rings. The molecule has 0 radical (unpaired) electrons. The van der Waals surface area contributed by atoms with E-state index < -0.39 is 0 Å². The van der Waals surface area contributed by atoms with Crippen LogP contribution in [0.5, 0.6) is 0 Å². The Balaban J connectivity index is 1.54. The van der Waals surface area contributed by atoms with Crippen LogP contribution in [-0.4, -0.2) is 21.2 Å². The van der Waals surface area contributed by atoms with Crippen LogP contribution in [0.15, 0.2) is 46.4 Å². The minimum atomic E-state index is -0.379. The number of hydrogen-bond acceptors (Lipinski definition) is 6. The van der Waals surface area contributed by atoms with Gasteiger partial charge in [-0.25, -0.2) is 9.78 Å². The second kappa shape index (κ2) is 6.14. The van der Waals surface area contributed by atoms with E-state index in [1.165, 1.54) is 11.3 Å². The Morgan fingerprint density at radius 2 is 2.24 bits per heavy atom. The zero-order valence-electron chi connectivity index (χ0n) is 10.8. The number of rotatable bonds is 4. The summed E-state index contributed by atoms with van der Waals surface area (Å²) < 4.78 is 5.12. The van der Waals surface area contributed by atoms with Crippen LogP contribution in [-0.2, 0) is 6.54 Å². The second-order valence-corrected chi connectivity index (χ2v) is 4.96. The number of aromatic nitrogens is 3. The van der Waals surface area contributed by atoms with Gasteiger partial charge in [0.05, 0.1) is 11.4 Å². The van der Waals surface area contributed by atoms with Crippen molar-refractivity contribution in [2.45, 2.75) is 6.54 Å². The van der Waals surface area contributed by atoms with E-state index in [1.54, 1.807) is 24.4 Å². The van der Waals surface area contributed by atoms with E-state index in [0.717, 1.165) is 4.88 Å². The van der Waals surface area contributed by atoms with Crippen molar-refractivity contribution in [2.75, 3.05) is 5.32 Å². The summed E-state index contributed by atoms with van der Waals surface area (Å²) in [6, 6.07) is 8.68. The van der Waals surface area contributed by atoms with Crippen LogP contribution in [0, 0.1) is 0 Å². The van der Waals surface area contributed by atoms with E-state index >= 15 is 0 Å². The molecule has 3 heterocycles. The zero-order valence-corrected chi connectivity index (χ0v) is 11.6. The average molecular weight is 301 g/mol. The molecule has 0 saturated heterocycles. The molecule has 7 nitrogen and oxygen atoms in total. The molecule has 3 rings (SSSR count). The largest absolute Gasteiger partial charge is 0.333 e. The highest BCUT2D eigenvalue weighted by Crippen LogP contribution is 2.22. The Labute approximate surface area is 124 Å². The average Bonchev–Trinajstić information content (AvgIpc) is 3.17. The molecule has 2 amide bonds. The molecule has 3 aromatic rings. The fourth-order valence-corrected chi connectivity index (χ4v) is 2.23. The number of pyridine rings is 1. The molecule has 3 aromatic heterocycles. The van der Waals surface area contributed by atoms with Gasteiger partial charge in [-0.15, -0.1) is 11.3 Å². The maximum Gasteiger partial charge on any atom is 0.320 e. The predicted molar refractivity (Wildman–Crippen MR) is 77.7 cm³/mol. The summed E-state index contributed by atoms with van der Waals surface area (Å²) >= 11 is 1.51. The van der Waals surface area contributed by atoms with Crippen LogP contribution in [0.4, 0.5) is 10.6 Å². The number of nitrogens with zero attached hydrogens (tertiary/aromatic N) is 3. The topological polar surface area (TPSA) is 92.9 Å². The Morgan fingerprint density at radius 1 is 1.29 bits per heavy atom. The van der Waals surface area contributed by atoms with Crippen molar-refractivity contribution in [3.63, 3.8) is 0 Å². The quantitative estimate of drug-likeness (QED) is 0.772. The minimum Gasteiger partial charge on any atom is -0.333 e. The maximum absolute atomic E-state index is 11.7. The van der Waals surface area contributed by atoms with Gasteiger partial charge in [0.25, 0.3) is 5.89 Å². The van der Waals surface area contributed by atoms with Crippen molar-refractivity contribution in [1.82, 2.24) is 20.4 Å². The molecule has 0 aliphatic heterocycles. The van der Waals surface area contributed by atoms with Crippen molar-refractivity contribution >= 4 is 23.2 Å². The van der Waals surface area contributed by atoms with E-state index in [-0.39, 0.29) is 12.6 Å². The monoisotopic (exact) mass is 301 g/mol. The van der Waals surface area contributed by atoms with Gasteiger partial charge in [0.15, 0.2) is 5.82 Å². The van der Waals surface area contributed by atoms with Gasteiger partial charge in [-0.05, 0) is 23.6 Å². The van der Waals surface area contributed by atoms with E-state index in [9.17, 15) is 4.79 Å². The summed E-state index contributed by atoms with van der Waals surface area (Å²) in [6.45, 7) is 0.174. The highest BCUT2D eigenvalue weighted by Gasteiger charge is 2.10. The summed E-state index contributed by atoms with van der Waals surface area (Å²) in [6.07, 6.45) is 1.60. The number of hydrogen-bond donors (Lipinski definition) is 2. The summed E-state index contributed by atoms with van der Waals surface area (Å²) in [5.41, 5.74) is 0. The van der Waals surface area contributed by atoms with Crippen LogP contribution in [0.1, 0.15) is 5.82 Å². The summed E-state index contributed by atoms with van der Waals surface area (Å²) in [5.74, 6) is 1.34. The zero-order chi connectivity index (χ0) is 14.5. The minimum absolute atomic E-state index is 0.174. The Morgan fingerprint density at radius 3 is 3.00 bits per heavy atom. The number of carbonyl (C=O) groups excluding carboxylic acids is 1. The smallest absolute Gasteiger partial charge is 0.320 e. The molecule has 106 valence electrons. The molecule has 21 heavy (non-hydrogen) atoms. The first-order chi connectivity index (χ1) is 10.3. The van der Waals surface area contributed by atoms with Crippen molar-refractivity contribution in [2.24, 2.45) is 0 Å².